The zero-order valence-corrected chi connectivity index (χ0v) is 24.4. The lowest BCUT2D eigenvalue weighted by Gasteiger charge is -2.24. The molecule has 206 valence electrons. The molecular formula is C35H43FN2O. The van der Waals surface area contributed by atoms with Gasteiger partial charge in [-0.15, -0.1) is 0 Å². The predicted molar refractivity (Wildman–Crippen MR) is 161 cm³/mol. The van der Waals surface area contributed by atoms with Gasteiger partial charge in [-0.3, -0.25) is 4.79 Å². The van der Waals surface area contributed by atoms with Gasteiger partial charge in [-0.2, -0.15) is 0 Å². The second-order valence-electron chi connectivity index (χ2n) is 11.3. The maximum absolute atomic E-state index is 15.3. The van der Waals surface area contributed by atoms with Gasteiger partial charge in [-0.05, 0) is 116 Å². The molecule has 3 aromatic rings. The quantitative estimate of drug-likeness (QED) is 0.253. The first-order valence-corrected chi connectivity index (χ1v) is 14.3. The molecule has 39 heavy (non-hydrogen) atoms. The van der Waals surface area contributed by atoms with Gasteiger partial charge in [0.15, 0.2) is 0 Å². The molecule has 4 heteroatoms. The lowest BCUT2D eigenvalue weighted by Crippen LogP contribution is -2.28. The number of anilines is 1. The average molecular weight is 527 g/mol. The van der Waals surface area contributed by atoms with Crippen LogP contribution in [0.3, 0.4) is 0 Å². The summed E-state index contributed by atoms with van der Waals surface area (Å²) in [7, 11) is 1.95. The van der Waals surface area contributed by atoms with E-state index in [1.54, 1.807) is 13.0 Å². The topological polar surface area (TPSA) is 32.3 Å². The maximum Gasteiger partial charge on any atom is 0.271 e. The van der Waals surface area contributed by atoms with Crippen LogP contribution in [-0.4, -0.2) is 17.9 Å². The summed E-state index contributed by atoms with van der Waals surface area (Å²) in [5.41, 5.74) is 8.02. The molecule has 1 atom stereocenters. The number of alkyl halides is 1. The second-order valence-corrected chi connectivity index (χ2v) is 11.3. The fraction of sp³-hybridized carbons (Fsp3) is 0.400. The van der Waals surface area contributed by atoms with Gasteiger partial charge in [0.1, 0.15) is 5.67 Å². The Kier molecular flexibility index (Phi) is 8.94. The van der Waals surface area contributed by atoms with Gasteiger partial charge in [0.05, 0.1) is 5.70 Å². The van der Waals surface area contributed by atoms with Crippen molar-refractivity contribution in [2.45, 2.75) is 78.9 Å². The summed E-state index contributed by atoms with van der Waals surface area (Å²) in [5.74, 6) is -0.122. The van der Waals surface area contributed by atoms with Gasteiger partial charge in [0.25, 0.3) is 5.91 Å². The van der Waals surface area contributed by atoms with Crippen LogP contribution in [0, 0.1) is 19.8 Å². The first kappa shape index (κ1) is 28.6. The normalized spacial score (nSPS) is 15.1. The smallest absolute Gasteiger partial charge is 0.271 e. The molecular weight excluding hydrogens is 483 g/mol. The SMILES string of the molecule is C/C=C(\C(=O)Nc1cccc(C(C)(F)C2CC2)c1)N(C)Cc1cc(CCCC)cc(-c2c(C)cccc2C)c1. The van der Waals surface area contributed by atoms with Crippen LogP contribution < -0.4 is 5.32 Å². The fourth-order valence-electron chi connectivity index (χ4n) is 5.63. The van der Waals surface area contributed by atoms with Gasteiger partial charge < -0.3 is 10.2 Å². The van der Waals surface area contributed by atoms with Crippen LogP contribution in [0.4, 0.5) is 10.1 Å². The molecule has 1 amide bonds. The number of allylic oxidation sites excluding steroid dienone is 1. The molecule has 0 spiro atoms. The molecule has 0 aromatic heterocycles. The van der Waals surface area contributed by atoms with E-state index >= 15 is 4.39 Å². The number of hydrogen-bond donors (Lipinski definition) is 1. The monoisotopic (exact) mass is 526 g/mol. The lowest BCUT2D eigenvalue weighted by atomic mass is 9.92. The third-order valence-electron chi connectivity index (χ3n) is 8.01. The molecule has 0 heterocycles. The number of carbonyl (C=O) groups excluding carboxylic acids is 1. The Morgan fingerprint density at radius 1 is 1.05 bits per heavy atom. The fourth-order valence-corrected chi connectivity index (χ4v) is 5.63. The Balaban J connectivity index is 1.55. The van der Waals surface area contributed by atoms with Gasteiger partial charge in [0.2, 0.25) is 0 Å². The zero-order chi connectivity index (χ0) is 28.2. The molecule has 1 fully saturated rings. The number of halogens is 1. The summed E-state index contributed by atoms with van der Waals surface area (Å²) in [6.45, 7) is 10.7. The minimum absolute atomic E-state index is 0.0714. The number of likely N-dealkylation sites (N-methyl/N-ethyl adjacent to an activating group) is 1. The predicted octanol–water partition coefficient (Wildman–Crippen LogP) is 8.88. The summed E-state index contributed by atoms with van der Waals surface area (Å²) < 4.78 is 15.3. The average Bonchev–Trinajstić information content (AvgIpc) is 3.74. The first-order chi connectivity index (χ1) is 18.6. The minimum Gasteiger partial charge on any atom is -0.366 e. The minimum atomic E-state index is -1.36. The Labute approximate surface area is 234 Å². The highest BCUT2D eigenvalue weighted by Crippen LogP contribution is 2.48. The molecule has 4 rings (SSSR count). The number of aryl methyl sites for hydroxylation is 3. The number of benzene rings is 3. The van der Waals surface area contributed by atoms with Crippen LogP contribution in [0.25, 0.3) is 11.1 Å². The molecule has 0 bridgehead atoms. The van der Waals surface area contributed by atoms with E-state index in [2.05, 4.69) is 62.5 Å². The van der Waals surface area contributed by atoms with Crippen molar-refractivity contribution < 1.29 is 9.18 Å². The third-order valence-corrected chi connectivity index (χ3v) is 8.01. The van der Waals surface area contributed by atoms with Crippen LogP contribution in [-0.2, 0) is 23.4 Å². The van der Waals surface area contributed by atoms with Gasteiger partial charge in [-0.25, -0.2) is 4.39 Å². The van der Waals surface area contributed by atoms with E-state index in [9.17, 15) is 4.79 Å². The second kappa shape index (κ2) is 12.2. The summed E-state index contributed by atoms with van der Waals surface area (Å²) >= 11 is 0. The zero-order valence-electron chi connectivity index (χ0n) is 24.4. The van der Waals surface area contributed by atoms with Crippen molar-refractivity contribution in [3.8, 4) is 11.1 Å². The van der Waals surface area contributed by atoms with Crippen molar-refractivity contribution in [1.82, 2.24) is 4.90 Å². The number of nitrogens with one attached hydrogen (secondary N) is 1. The largest absolute Gasteiger partial charge is 0.366 e. The van der Waals surface area contributed by atoms with E-state index in [-0.39, 0.29) is 11.8 Å². The molecule has 1 N–H and O–H groups in total. The number of unbranched alkanes of at least 4 members (excludes halogenated alkanes) is 1. The Morgan fingerprint density at radius 3 is 2.36 bits per heavy atom. The number of rotatable bonds is 11. The van der Waals surface area contributed by atoms with Gasteiger partial charge in [-0.1, -0.05) is 61.9 Å². The van der Waals surface area contributed by atoms with E-state index in [4.69, 9.17) is 0 Å². The summed E-state index contributed by atoms with van der Waals surface area (Å²) in [6.07, 6.45) is 7.01. The summed E-state index contributed by atoms with van der Waals surface area (Å²) in [5, 5.41) is 3.01. The van der Waals surface area contributed by atoms with E-state index < -0.39 is 5.67 Å². The van der Waals surface area contributed by atoms with Crippen LogP contribution in [0.15, 0.2) is 72.4 Å². The number of amides is 1. The molecule has 0 aliphatic heterocycles. The molecule has 3 aromatic carbocycles. The van der Waals surface area contributed by atoms with Crippen molar-refractivity contribution >= 4 is 11.6 Å². The van der Waals surface area contributed by atoms with Crippen molar-refractivity contribution in [1.29, 1.82) is 0 Å². The molecule has 0 radical (unpaired) electrons. The standard InChI is InChI=1S/C35H43FN2O/c1-7-9-14-26-19-27(21-28(20-26)33-24(3)12-10-13-25(33)4)23-38(6)32(8-2)34(39)37-31-16-11-15-30(22-31)35(5,36)29-17-18-29/h8,10-13,15-16,19-22,29H,7,9,14,17-18,23H2,1-6H3,(H,37,39)/b32-8+. The Hall–Kier alpha value is -3.40. The van der Waals surface area contributed by atoms with E-state index in [1.807, 2.05) is 43.1 Å². The maximum atomic E-state index is 15.3. The highest BCUT2D eigenvalue weighted by Gasteiger charge is 2.43. The van der Waals surface area contributed by atoms with E-state index in [0.717, 1.165) is 32.1 Å². The van der Waals surface area contributed by atoms with Crippen molar-refractivity contribution in [2.24, 2.45) is 5.92 Å². The van der Waals surface area contributed by atoms with E-state index in [1.165, 1.54) is 33.4 Å². The molecule has 1 aliphatic carbocycles. The third kappa shape index (κ3) is 6.79. The summed E-state index contributed by atoms with van der Waals surface area (Å²) in [4.78, 5) is 15.3. The highest BCUT2D eigenvalue weighted by molar-refractivity contribution is 6.03. The van der Waals surface area contributed by atoms with E-state index in [0.29, 0.717) is 23.5 Å². The molecule has 1 aliphatic rings. The first-order valence-electron chi connectivity index (χ1n) is 14.3. The van der Waals surface area contributed by atoms with Crippen molar-refractivity contribution in [3.05, 3.63) is 100 Å². The van der Waals surface area contributed by atoms with Crippen LogP contribution in [0.5, 0.6) is 0 Å². The van der Waals surface area contributed by atoms with Crippen molar-refractivity contribution in [3.63, 3.8) is 0 Å². The number of nitrogens with zero attached hydrogens (tertiary/aromatic N) is 1. The Morgan fingerprint density at radius 2 is 1.72 bits per heavy atom. The lowest BCUT2D eigenvalue weighted by molar-refractivity contribution is -0.114. The molecule has 0 saturated heterocycles. The molecule has 3 nitrogen and oxygen atoms in total. The highest BCUT2D eigenvalue weighted by atomic mass is 19.1. The van der Waals surface area contributed by atoms with Crippen LogP contribution >= 0.6 is 0 Å². The number of hydrogen-bond acceptors (Lipinski definition) is 2. The molecule has 1 unspecified atom stereocenters. The van der Waals surface area contributed by atoms with Gasteiger partial charge >= 0.3 is 0 Å². The van der Waals surface area contributed by atoms with Crippen LogP contribution in [0.1, 0.15) is 74.3 Å². The molecule has 1 saturated carbocycles. The Bertz CT molecular complexity index is 1330. The van der Waals surface area contributed by atoms with Gasteiger partial charge in [0, 0.05) is 19.3 Å². The van der Waals surface area contributed by atoms with Crippen molar-refractivity contribution in [2.75, 3.05) is 12.4 Å². The van der Waals surface area contributed by atoms with Crippen LogP contribution in [0.2, 0.25) is 0 Å². The summed E-state index contributed by atoms with van der Waals surface area (Å²) in [6, 6.07) is 20.5. The number of carbonyl (C=O) groups is 1.